The zero-order chi connectivity index (χ0) is 12.3. The first-order valence-electron chi connectivity index (χ1n) is 6.52. The zero-order valence-electron chi connectivity index (χ0n) is 10.3. The van der Waals surface area contributed by atoms with Crippen LogP contribution in [0.4, 0.5) is 0 Å². The van der Waals surface area contributed by atoms with Gasteiger partial charge in [-0.3, -0.25) is 4.79 Å². The van der Waals surface area contributed by atoms with Crippen molar-refractivity contribution in [3.05, 3.63) is 17.2 Å². The van der Waals surface area contributed by atoms with Gasteiger partial charge < -0.3 is 10.1 Å². The molecule has 0 spiro atoms. The van der Waals surface area contributed by atoms with Crippen molar-refractivity contribution in [3.8, 4) is 0 Å². The number of imidazole rings is 1. The molecule has 1 aromatic heterocycles. The molecule has 0 fully saturated rings. The fourth-order valence-electron chi connectivity index (χ4n) is 2.48. The Morgan fingerprint density at radius 3 is 3.06 bits per heavy atom. The van der Waals surface area contributed by atoms with Gasteiger partial charge in [0.25, 0.3) is 0 Å². The average Bonchev–Trinajstić information content (AvgIpc) is 2.71. The first kappa shape index (κ1) is 12.1. The first-order chi connectivity index (χ1) is 8.22. The van der Waals surface area contributed by atoms with E-state index in [-0.39, 0.29) is 0 Å². The number of fused-ring (bicyclic) bond motifs is 1. The summed E-state index contributed by atoms with van der Waals surface area (Å²) in [6, 6.07) is 0. The van der Waals surface area contributed by atoms with Gasteiger partial charge in [0.15, 0.2) is 0 Å². The van der Waals surface area contributed by atoms with Gasteiger partial charge in [0.1, 0.15) is 11.7 Å². The Balaban J connectivity index is 2.10. The van der Waals surface area contributed by atoms with Gasteiger partial charge in [0.05, 0.1) is 5.69 Å². The molecule has 0 bridgehead atoms. The van der Waals surface area contributed by atoms with Crippen molar-refractivity contribution >= 4 is 5.97 Å². The van der Waals surface area contributed by atoms with Crippen LogP contribution in [0.3, 0.4) is 0 Å². The second kappa shape index (κ2) is 5.34. The molecule has 94 valence electrons. The number of carboxylic acid groups (broad SMARTS) is 1. The molecule has 0 aromatic carbocycles. The summed E-state index contributed by atoms with van der Waals surface area (Å²) in [5.41, 5.74) is 1.84. The van der Waals surface area contributed by atoms with Crippen LogP contribution in [-0.4, -0.2) is 21.0 Å². The Kier molecular flexibility index (Phi) is 3.82. The zero-order valence-corrected chi connectivity index (χ0v) is 10.3. The number of aromatic amines is 1. The molecule has 1 heterocycles. The van der Waals surface area contributed by atoms with Crippen molar-refractivity contribution in [1.82, 2.24) is 9.97 Å². The van der Waals surface area contributed by atoms with Crippen molar-refractivity contribution in [2.45, 2.75) is 57.8 Å². The summed E-state index contributed by atoms with van der Waals surface area (Å²) in [6.07, 6.45) is 7.07. The lowest BCUT2D eigenvalue weighted by molar-refractivity contribution is -0.139. The van der Waals surface area contributed by atoms with Crippen LogP contribution in [0, 0.1) is 0 Å². The Morgan fingerprint density at radius 2 is 2.35 bits per heavy atom. The lowest BCUT2D eigenvalue weighted by Crippen LogP contribution is -2.17. The lowest BCUT2D eigenvalue weighted by Gasteiger charge is -2.16. The molecule has 1 aliphatic rings. The first-order valence-corrected chi connectivity index (χ1v) is 6.52. The van der Waals surface area contributed by atoms with E-state index in [1.807, 2.05) is 0 Å². The molecule has 1 atom stereocenters. The second-order valence-corrected chi connectivity index (χ2v) is 4.79. The summed E-state index contributed by atoms with van der Waals surface area (Å²) in [7, 11) is 0. The van der Waals surface area contributed by atoms with Gasteiger partial charge >= 0.3 is 5.97 Å². The lowest BCUT2D eigenvalue weighted by atomic mass is 9.90. The minimum atomic E-state index is -0.738. The van der Waals surface area contributed by atoms with Crippen LogP contribution in [0.5, 0.6) is 0 Å². The minimum absolute atomic E-state index is 0.394. The standard InChI is InChI=1S/C13H20N2O2/c1-2-3-4-8-11-14-10-7-5-6-9(13(16)17)12(10)15-11/h9H,2-8H2,1H3,(H,14,15)(H,16,17). The van der Waals surface area contributed by atoms with E-state index in [0.29, 0.717) is 0 Å². The van der Waals surface area contributed by atoms with Gasteiger partial charge in [0.2, 0.25) is 0 Å². The Bertz CT molecular complexity index is 398. The smallest absolute Gasteiger partial charge is 0.312 e. The predicted octanol–water partition coefficient (Wildman–Crippen LogP) is 2.65. The average molecular weight is 236 g/mol. The topological polar surface area (TPSA) is 66.0 Å². The van der Waals surface area contributed by atoms with Crippen molar-refractivity contribution in [3.63, 3.8) is 0 Å². The third kappa shape index (κ3) is 2.68. The van der Waals surface area contributed by atoms with Gasteiger partial charge in [-0.25, -0.2) is 4.98 Å². The molecule has 0 radical (unpaired) electrons. The normalized spacial score (nSPS) is 19.0. The van der Waals surface area contributed by atoms with E-state index in [9.17, 15) is 4.79 Å². The highest BCUT2D eigenvalue weighted by molar-refractivity contribution is 5.76. The maximum Gasteiger partial charge on any atom is 0.312 e. The van der Waals surface area contributed by atoms with Crippen LogP contribution in [0.1, 0.15) is 62.2 Å². The van der Waals surface area contributed by atoms with E-state index in [1.165, 1.54) is 12.8 Å². The van der Waals surface area contributed by atoms with Crippen LogP contribution >= 0.6 is 0 Å². The summed E-state index contributed by atoms with van der Waals surface area (Å²) in [6.45, 7) is 2.17. The number of rotatable bonds is 5. The summed E-state index contributed by atoms with van der Waals surface area (Å²) < 4.78 is 0. The third-order valence-corrected chi connectivity index (χ3v) is 3.42. The van der Waals surface area contributed by atoms with E-state index in [4.69, 9.17) is 5.11 Å². The number of nitrogens with one attached hydrogen (secondary N) is 1. The van der Waals surface area contributed by atoms with Gasteiger partial charge in [-0.1, -0.05) is 19.8 Å². The number of H-pyrrole nitrogens is 1. The van der Waals surface area contributed by atoms with E-state index in [2.05, 4.69) is 16.9 Å². The molecule has 17 heavy (non-hydrogen) atoms. The van der Waals surface area contributed by atoms with Crippen molar-refractivity contribution in [1.29, 1.82) is 0 Å². The summed E-state index contributed by atoms with van der Waals surface area (Å²) in [4.78, 5) is 18.9. The minimum Gasteiger partial charge on any atom is -0.481 e. The molecule has 0 saturated carbocycles. The molecule has 2 rings (SSSR count). The van der Waals surface area contributed by atoms with Crippen molar-refractivity contribution in [2.75, 3.05) is 0 Å². The highest BCUT2D eigenvalue weighted by atomic mass is 16.4. The number of nitrogens with zero attached hydrogens (tertiary/aromatic N) is 1. The fourth-order valence-corrected chi connectivity index (χ4v) is 2.48. The van der Waals surface area contributed by atoms with Crippen molar-refractivity contribution in [2.24, 2.45) is 0 Å². The molecule has 4 nitrogen and oxygen atoms in total. The quantitative estimate of drug-likeness (QED) is 0.772. The van der Waals surface area contributed by atoms with Crippen LogP contribution in [0.15, 0.2) is 0 Å². The van der Waals surface area contributed by atoms with Gasteiger partial charge in [-0.05, 0) is 25.7 Å². The summed E-state index contributed by atoms with van der Waals surface area (Å²) in [5.74, 6) is -0.163. The van der Waals surface area contributed by atoms with Gasteiger partial charge in [-0.2, -0.15) is 0 Å². The van der Waals surface area contributed by atoms with Crippen LogP contribution in [-0.2, 0) is 17.6 Å². The molecular formula is C13H20N2O2. The number of hydrogen-bond acceptors (Lipinski definition) is 2. The molecule has 2 N–H and O–H groups in total. The molecule has 0 saturated heterocycles. The highest BCUT2D eigenvalue weighted by Gasteiger charge is 2.29. The highest BCUT2D eigenvalue weighted by Crippen LogP contribution is 2.30. The molecule has 4 heteroatoms. The monoisotopic (exact) mass is 236 g/mol. The summed E-state index contributed by atoms with van der Waals surface area (Å²) >= 11 is 0. The number of hydrogen-bond donors (Lipinski definition) is 2. The van der Waals surface area contributed by atoms with Crippen LogP contribution in [0.2, 0.25) is 0 Å². The molecule has 1 unspecified atom stereocenters. The molecular weight excluding hydrogens is 216 g/mol. The van der Waals surface area contributed by atoms with Crippen LogP contribution < -0.4 is 0 Å². The fraction of sp³-hybridized carbons (Fsp3) is 0.692. The third-order valence-electron chi connectivity index (χ3n) is 3.42. The van der Waals surface area contributed by atoms with E-state index in [1.54, 1.807) is 0 Å². The molecule has 0 amide bonds. The Hall–Kier alpha value is -1.32. The largest absolute Gasteiger partial charge is 0.481 e. The second-order valence-electron chi connectivity index (χ2n) is 4.79. The number of aliphatic carboxylic acids is 1. The number of aromatic nitrogens is 2. The SMILES string of the molecule is CCCCCc1nc2c([nH]1)CCCC2C(=O)O. The maximum atomic E-state index is 11.1. The molecule has 1 aromatic rings. The maximum absolute atomic E-state index is 11.1. The van der Waals surface area contributed by atoms with Gasteiger partial charge in [-0.15, -0.1) is 0 Å². The van der Waals surface area contributed by atoms with E-state index < -0.39 is 11.9 Å². The number of carbonyl (C=O) groups is 1. The Morgan fingerprint density at radius 1 is 1.53 bits per heavy atom. The number of aryl methyl sites for hydroxylation is 2. The molecule has 1 aliphatic carbocycles. The number of carboxylic acids is 1. The Labute approximate surface area is 101 Å². The summed E-state index contributed by atoms with van der Waals surface area (Å²) in [5, 5.41) is 9.15. The van der Waals surface area contributed by atoms with E-state index >= 15 is 0 Å². The number of unbranched alkanes of at least 4 members (excludes halogenated alkanes) is 2. The van der Waals surface area contributed by atoms with Gasteiger partial charge in [0, 0.05) is 12.1 Å². The molecule has 0 aliphatic heterocycles. The van der Waals surface area contributed by atoms with E-state index in [0.717, 1.165) is 49.3 Å². The predicted molar refractivity (Wildman–Crippen MR) is 65.1 cm³/mol. The van der Waals surface area contributed by atoms with Crippen molar-refractivity contribution < 1.29 is 9.90 Å². The van der Waals surface area contributed by atoms with Crippen LogP contribution in [0.25, 0.3) is 0 Å².